The van der Waals surface area contributed by atoms with Gasteiger partial charge in [0.05, 0.1) is 22.8 Å². The number of rotatable bonds is 9. The van der Waals surface area contributed by atoms with Crippen LogP contribution in [0.5, 0.6) is 0 Å². The van der Waals surface area contributed by atoms with Gasteiger partial charge in [-0.2, -0.15) is 0 Å². The van der Waals surface area contributed by atoms with Crippen molar-refractivity contribution >= 4 is 63.1 Å². The van der Waals surface area contributed by atoms with E-state index in [0.717, 1.165) is 42.9 Å². The first-order valence-electron chi connectivity index (χ1n) is 15.8. The Morgan fingerprint density at radius 2 is 1.92 bits per heavy atom. The highest BCUT2D eigenvalue weighted by molar-refractivity contribution is 7.17. The molecule has 0 bridgehead atoms. The molecule has 14 heteroatoms. The van der Waals surface area contributed by atoms with Gasteiger partial charge in [0.2, 0.25) is 11.8 Å². The van der Waals surface area contributed by atoms with Crippen molar-refractivity contribution in [1.82, 2.24) is 25.2 Å². The predicted molar refractivity (Wildman–Crippen MR) is 185 cm³/mol. The highest BCUT2D eigenvalue weighted by Crippen LogP contribution is 2.31. The lowest BCUT2D eigenvalue weighted by atomic mass is 9.89. The second-order valence-corrected chi connectivity index (χ2v) is 13.6. The Bertz CT molecular complexity index is 1840. The summed E-state index contributed by atoms with van der Waals surface area (Å²) in [4.78, 5) is 55.1. The second kappa shape index (κ2) is 14.3. The van der Waals surface area contributed by atoms with Crippen molar-refractivity contribution in [1.29, 1.82) is 0 Å². The molecule has 4 heterocycles. The number of nitrogens with one attached hydrogen (secondary N) is 3. The Morgan fingerprint density at radius 3 is 2.65 bits per heavy atom. The van der Waals surface area contributed by atoms with Crippen molar-refractivity contribution in [2.45, 2.75) is 58.0 Å². The lowest BCUT2D eigenvalue weighted by molar-refractivity contribution is -0.134. The van der Waals surface area contributed by atoms with E-state index in [0.29, 0.717) is 56.9 Å². The van der Waals surface area contributed by atoms with E-state index in [-0.39, 0.29) is 18.2 Å². The van der Waals surface area contributed by atoms with Crippen LogP contribution in [0.2, 0.25) is 5.02 Å². The average Bonchev–Trinajstić information content (AvgIpc) is 3.52. The first kappa shape index (κ1) is 33.4. The van der Waals surface area contributed by atoms with E-state index < -0.39 is 17.6 Å². The van der Waals surface area contributed by atoms with Gasteiger partial charge in [-0.15, -0.1) is 0 Å². The third-order valence-electron chi connectivity index (χ3n) is 8.77. The molecule has 2 aliphatic rings. The molecule has 0 saturated carbocycles. The zero-order chi connectivity index (χ0) is 33.9. The van der Waals surface area contributed by atoms with Gasteiger partial charge in [0.25, 0.3) is 5.91 Å². The number of carbonyl (C=O) groups is 3. The number of amides is 3. The van der Waals surface area contributed by atoms with Crippen LogP contribution in [-0.4, -0.2) is 63.8 Å². The van der Waals surface area contributed by atoms with Crippen LogP contribution in [0.25, 0.3) is 0 Å². The number of hydrogen-bond acceptors (Lipinski definition) is 10. The standard InChI is InChI=1S/C34H36ClFN8O3S/c1-19-5-4-6-25(35)31(19)42-33(47)27-17-37-34(48-27)40-28-16-29(39-20(2)38-28)44-13-11-22(12-14-44)43(3)18-21-7-8-23(26(36)15-21)24-9-10-30(45)41-32(24)46/h4-8,15-17,22,24H,9-14,18H2,1-3H3,(H,42,47)(H,41,45,46)(H,37,38,39,40). The average molecular weight is 691 g/mol. The third kappa shape index (κ3) is 7.64. The minimum Gasteiger partial charge on any atom is -0.356 e. The van der Waals surface area contributed by atoms with Crippen molar-refractivity contribution in [2.24, 2.45) is 0 Å². The van der Waals surface area contributed by atoms with Crippen LogP contribution in [-0.2, 0) is 16.1 Å². The molecule has 3 amide bonds. The SMILES string of the molecule is Cc1nc(Nc2ncc(C(=O)Nc3c(C)cccc3Cl)s2)cc(N2CCC(N(C)Cc3ccc(C4CCC(=O)NC4=O)c(F)c3)CC2)n1. The number of aromatic nitrogens is 3. The molecular formula is C34H36ClFN8O3S. The van der Waals surface area contributed by atoms with Crippen LogP contribution < -0.4 is 20.9 Å². The van der Waals surface area contributed by atoms with E-state index in [1.54, 1.807) is 12.1 Å². The molecule has 0 radical (unpaired) electrons. The molecule has 48 heavy (non-hydrogen) atoms. The van der Waals surface area contributed by atoms with Crippen molar-refractivity contribution in [2.75, 3.05) is 35.7 Å². The van der Waals surface area contributed by atoms with Gasteiger partial charge in [0.1, 0.15) is 28.2 Å². The van der Waals surface area contributed by atoms with Crippen LogP contribution in [0.15, 0.2) is 48.7 Å². The number of benzene rings is 2. The molecule has 6 rings (SSSR count). The number of hydrogen-bond donors (Lipinski definition) is 3. The monoisotopic (exact) mass is 690 g/mol. The molecule has 250 valence electrons. The molecule has 2 saturated heterocycles. The molecule has 0 aliphatic carbocycles. The van der Waals surface area contributed by atoms with E-state index in [2.05, 4.69) is 40.7 Å². The topological polar surface area (TPSA) is 132 Å². The molecule has 2 aromatic carbocycles. The Kier molecular flexibility index (Phi) is 9.99. The fraction of sp³-hybridized carbons (Fsp3) is 0.353. The normalized spacial score (nSPS) is 17.0. The molecule has 1 unspecified atom stereocenters. The Morgan fingerprint density at radius 1 is 1.12 bits per heavy atom. The second-order valence-electron chi connectivity index (χ2n) is 12.2. The number of halogens is 2. The Hall–Kier alpha value is -4.46. The molecular weight excluding hydrogens is 655 g/mol. The van der Waals surface area contributed by atoms with Gasteiger partial charge in [-0.25, -0.2) is 19.3 Å². The van der Waals surface area contributed by atoms with Gasteiger partial charge in [-0.1, -0.05) is 47.2 Å². The maximum absolute atomic E-state index is 15.1. The van der Waals surface area contributed by atoms with E-state index in [1.807, 2.05) is 45.2 Å². The third-order valence-corrected chi connectivity index (χ3v) is 10.00. The van der Waals surface area contributed by atoms with Crippen LogP contribution >= 0.6 is 22.9 Å². The summed E-state index contributed by atoms with van der Waals surface area (Å²) in [5, 5.41) is 9.40. The highest BCUT2D eigenvalue weighted by atomic mass is 35.5. The number of para-hydroxylation sites is 1. The number of anilines is 4. The van der Waals surface area contributed by atoms with Crippen LogP contribution in [0.4, 0.5) is 26.8 Å². The zero-order valence-corrected chi connectivity index (χ0v) is 28.4. The van der Waals surface area contributed by atoms with Gasteiger partial charge >= 0.3 is 0 Å². The molecule has 11 nitrogen and oxygen atoms in total. The molecule has 2 aromatic heterocycles. The summed E-state index contributed by atoms with van der Waals surface area (Å²) in [6.45, 7) is 5.87. The lowest BCUT2D eigenvalue weighted by Crippen LogP contribution is -2.43. The van der Waals surface area contributed by atoms with Gasteiger partial charge in [0, 0.05) is 43.7 Å². The van der Waals surface area contributed by atoms with E-state index >= 15 is 4.39 Å². The van der Waals surface area contributed by atoms with Crippen molar-refractivity contribution in [3.8, 4) is 0 Å². The lowest BCUT2D eigenvalue weighted by Gasteiger charge is -2.37. The van der Waals surface area contributed by atoms with Gasteiger partial charge in [0.15, 0.2) is 5.13 Å². The molecule has 2 aliphatic heterocycles. The van der Waals surface area contributed by atoms with Crippen LogP contribution in [0.1, 0.15) is 63.8 Å². The predicted octanol–water partition coefficient (Wildman–Crippen LogP) is 5.96. The minimum atomic E-state index is -0.644. The quantitative estimate of drug-likeness (QED) is 0.182. The van der Waals surface area contributed by atoms with E-state index in [4.69, 9.17) is 11.6 Å². The highest BCUT2D eigenvalue weighted by Gasteiger charge is 2.30. The fourth-order valence-corrected chi connectivity index (χ4v) is 7.17. The number of nitrogens with zero attached hydrogens (tertiary/aromatic N) is 5. The summed E-state index contributed by atoms with van der Waals surface area (Å²) >= 11 is 7.49. The number of piperidine rings is 2. The summed E-state index contributed by atoms with van der Waals surface area (Å²) in [6.07, 6.45) is 3.85. The summed E-state index contributed by atoms with van der Waals surface area (Å²) in [5.41, 5.74) is 2.61. The Balaban J connectivity index is 1.04. The maximum Gasteiger partial charge on any atom is 0.267 e. The van der Waals surface area contributed by atoms with Crippen LogP contribution in [0.3, 0.4) is 0 Å². The van der Waals surface area contributed by atoms with E-state index in [9.17, 15) is 14.4 Å². The fourth-order valence-electron chi connectivity index (χ4n) is 6.18. The number of imide groups is 1. The molecule has 2 fully saturated rings. The largest absolute Gasteiger partial charge is 0.356 e. The van der Waals surface area contributed by atoms with Crippen molar-refractivity contribution in [3.63, 3.8) is 0 Å². The first-order valence-corrected chi connectivity index (χ1v) is 17.0. The van der Waals surface area contributed by atoms with Gasteiger partial charge in [-0.3, -0.25) is 24.6 Å². The Labute approximate surface area is 286 Å². The number of carbonyl (C=O) groups excluding carboxylic acids is 3. The number of aryl methyl sites for hydroxylation is 2. The van der Waals surface area contributed by atoms with Crippen LogP contribution in [0, 0.1) is 19.7 Å². The summed E-state index contributed by atoms with van der Waals surface area (Å²) < 4.78 is 15.1. The summed E-state index contributed by atoms with van der Waals surface area (Å²) in [5.74, 6) is -0.104. The summed E-state index contributed by atoms with van der Waals surface area (Å²) in [6, 6.07) is 12.7. The van der Waals surface area contributed by atoms with Gasteiger partial charge < -0.3 is 15.5 Å². The smallest absolute Gasteiger partial charge is 0.267 e. The van der Waals surface area contributed by atoms with E-state index in [1.165, 1.54) is 23.6 Å². The van der Waals surface area contributed by atoms with Crippen molar-refractivity contribution < 1.29 is 18.8 Å². The minimum absolute atomic E-state index is 0.212. The van der Waals surface area contributed by atoms with Gasteiger partial charge in [-0.05, 0) is 63.4 Å². The molecule has 1 atom stereocenters. The number of thiazole rings is 1. The summed E-state index contributed by atoms with van der Waals surface area (Å²) in [7, 11) is 2.04. The van der Waals surface area contributed by atoms with Crippen molar-refractivity contribution in [3.05, 3.63) is 86.9 Å². The maximum atomic E-state index is 15.1. The first-order chi connectivity index (χ1) is 23.0. The molecule has 3 N–H and O–H groups in total. The molecule has 0 spiro atoms. The zero-order valence-electron chi connectivity index (χ0n) is 26.8. The molecule has 4 aromatic rings.